The Morgan fingerprint density at radius 3 is 2.35 bits per heavy atom. The molecule has 3 heteroatoms. The first-order valence-electron chi connectivity index (χ1n) is 7.24. The number of ether oxygens (including phenoxy) is 1. The highest BCUT2D eigenvalue weighted by molar-refractivity contribution is 4.90. The van der Waals surface area contributed by atoms with E-state index in [9.17, 15) is 0 Å². The van der Waals surface area contributed by atoms with Gasteiger partial charge in [-0.3, -0.25) is 0 Å². The first kappa shape index (κ1) is 13.3. The molecule has 0 unspecified atom stereocenters. The van der Waals surface area contributed by atoms with E-state index < -0.39 is 0 Å². The summed E-state index contributed by atoms with van der Waals surface area (Å²) in [7, 11) is 1.81. The van der Waals surface area contributed by atoms with Gasteiger partial charge in [0.05, 0.1) is 6.10 Å². The molecule has 0 saturated heterocycles. The third kappa shape index (κ3) is 3.43. The van der Waals surface area contributed by atoms with E-state index >= 15 is 0 Å². The standard InChI is InChI=1S/C14H28N2O/c1-17-13-8-12(9-13)16-11-14(10-15)6-4-2-3-5-7-14/h12-13,16H,2-11,15H2,1H3. The van der Waals surface area contributed by atoms with Crippen LogP contribution in [0.25, 0.3) is 0 Å². The van der Waals surface area contributed by atoms with Crippen molar-refractivity contribution in [3.63, 3.8) is 0 Å². The molecule has 2 aliphatic carbocycles. The van der Waals surface area contributed by atoms with E-state index in [0.29, 0.717) is 17.6 Å². The Hall–Kier alpha value is -0.120. The molecule has 2 fully saturated rings. The van der Waals surface area contributed by atoms with Crippen molar-refractivity contribution in [2.24, 2.45) is 11.1 Å². The van der Waals surface area contributed by atoms with Crippen LogP contribution in [0, 0.1) is 5.41 Å². The predicted octanol–water partition coefficient (Wildman–Crippen LogP) is 2.05. The van der Waals surface area contributed by atoms with Gasteiger partial charge in [-0.15, -0.1) is 0 Å². The smallest absolute Gasteiger partial charge is 0.0601 e. The van der Waals surface area contributed by atoms with Crippen LogP contribution in [0.3, 0.4) is 0 Å². The molecule has 2 aliphatic rings. The van der Waals surface area contributed by atoms with Crippen LogP contribution in [0.5, 0.6) is 0 Å². The van der Waals surface area contributed by atoms with Crippen LogP contribution in [0.15, 0.2) is 0 Å². The van der Waals surface area contributed by atoms with Gasteiger partial charge in [0.2, 0.25) is 0 Å². The number of hydrogen-bond acceptors (Lipinski definition) is 3. The van der Waals surface area contributed by atoms with Crippen LogP contribution in [0.2, 0.25) is 0 Å². The number of nitrogens with one attached hydrogen (secondary N) is 1. The minimum atomic E-state index is 0.384. The normalized spacial score (nSPS) is 32.8. The number of nitrogens with two attached hydrogens (primary N) is 1. The third-order valence-electron chi connectivity index (χ3n) is 4.79. The zero-order chi connectivity index (χ0) is 12.1. The topological polar surface area (TPSA) is 47.3 Å². The second-order valence-corrected chi connectivity index (χ2v) is 6.03. The molecule has 0 spiro atoms. The Morgan fingerprint density at radius 2 is 1.82 bits per heavy atom. The number of rotatable bonds is 5. The molecule has 3 N–H and O–H groups in total. The molecule has 0 aromatic carbocycles. The molecule has 0 radical (unpaired) electrons. The molecule has 0 aromatic rings. The Morgan fingerprint density at radius 1 is 1.18 bits per heavy atom. The van der Waals surface area contributed by atoms with Gasteiger partial charge < -0.3 is 15.8 Å². The Labute approximate surface area is 105 Å². The molecular formula is C14H28N2O. The first-order valence-corrected chi connectivity index (χ1v) is 7.24. The maximum atomic E-state index is 6.04. The van der Waals surface area contributed by atoms with Gasteiger partial charge in [-0.2, -0.15) is 0 Å². The number of methoxy groups -OCH3 is 1. The second-order valence-electron chi connectivity index (χ2n) is 6.03. The van der Waals surface area contributed by atoms with E-state index in [1.807, 2.05) is 7.11 Å². The van der Waals surface area contributed by atoms with Crippen LogP contribution < -0.4 is 11.1 Å². The Bertz CT molecular complexity index is 218. The molecule has 100 valence electrons. The van der Waals surface area contributed by atoms with Crippen molar-refractivity contribution in [2.45, 2.75) is 63.5 Å². The van der Waals surface area contributed by atoms with Crippen molar-refractivity contribution in [3.8, 4) is 0 Å². The first-order chi connectivity index (χ1) is 8.28. The fourth-order valence-electron chi connectivity index (χ4n) is 3.22. The van der Waals surface area contributed by atoms with Gasteiger partial charge in [0.25, 0.3) is 0 Å². The quantitative estimate of drug-likeness (QED) is 0.723. The molecule has 2 saturated carbocycles. The Kier molecular flexibility index (Phi) is 4.83. The summed E-state index contributed by atoms with van der Waals surface area (Å²) in [5, 5.41) is 3.71. The number of hydrogen-bond donors (Lipinski definition) is 2. The van der Waals surface area contributed by atoms with Gasteiger partial charge in [-0.05, 0) is 37.6 Å². The summed E-state index contributed by atoms with van der Waals surface area (Å²) >= 11 is 0. The summed E-state index contributed by atoms with van der Waals surface area (Å²) in [5.74, 6) is 0. The monoisotopic (exact) mass is 240 g/mol. The molecule has 0 heterocycles. The van der Waals surface area contributed by atoms with Gasteiger partial charge in [-0.25, -0.2) is 0 Å². The lowest BCUT2D eigenvalue weighted by Gasteiger charge is -2.39. The summed E-state index contributed by atoms with van der Waals surface area (Å²) < 4.78 is 5.31. The molecule has 0 atom stereocenters. The van der Waals surface area contributed by atoms with Gasteiger partial charge in [0, 0.05) is 19.7 Å². The minimum Gasteiger partial charge on any atom is -0.381 e. The van der Waals surface area contributed by atoms with Crippen molar-refractivity contribution in [3.05, 3.63) is 0 Å². The summed E-state index contributed by atoms with van der Waals surface area (Å²) in [6.45, 7) is 1.96. The minimum absolute atomic E-state index is 0.384. The zero-order valence-corrected chi connectivity index (χ0v) is 11.2. The van der Waals surface area contributed by atoms with E-state index in [1.165, 1.54) is 51.4 Å². The van der Waals surface area contributed by atoms with E-state index in [4.69, 9.17) is 10.5 Å². The fraction of sp³-hybridized carbons (Fsp3) is 1.00. The van der Waals surface area contributed by atoms with Crippen molar-refractivity contribution in [2.75, 3.05) is 20.2 Å². The van der Waals surface area contributed by atoms with E-state index in [1.54, 1.807) is 0 Å². The highest BCUT2D eigenvalue weighted by atomic mass is 16.5. The van der Waals surface area contributed by atoms with Crippen molar-refractivity contribution in [1.82, 2.24) is 5.32 Å². The lowest BCUT2D eigenvalue weighted by Crippen LogP contribution is -2.50. The second kappa shape index (κ2) is 6.17. The van der Waals surface area contributed by atoms with E-state index in [-0.39, 0.29) is 0 Å². The van der Waals surface area contributed by atoms with Gasteiger partial charge in [0.15, 0.2) is 0 Å². The van der Waals surface area contributed by atoms with E-state index in [2.05, 4.69) is 5.32 Å². The molecule has 0 amide bonds. The summed E-state index contributed by atoms with van der Waals surface area (Å²) in [5.41, 5.74) is 6.43. The van der Waals surface area contributed by atoms with E-state index in [0.717, 1.165) is 13.1 Å². The van der Waals surface area contributed by atoms with Crippen molar-refractivity contribution in [1.29, 1.82) is 0 Å². The maximum absolute atomic E-state index is 6.04. The van der Waals surface area contributed by atoms with Crippen LogP contribution >= 0.6 is 0 Å². The van der Waals surface area contributed by atoms with Crippen molar-refractivity contribution < 1.29 is 4.74 Å². The molecular weight excluding hydrogens is 212 g/mol. The zero-order valence-electron chi connectivity index (χ0n) is 11.2. The SMILES string of the molecule is COC1CC(NCC2(CN)CCCCCC2)C1. The lowest BCUT2D eigenvalue weighted by atomic mass is 9.79. The van der Waals surface area contributed by atoms with Crippen LogP contribution in [-0.4, -0.2) is 32.3 Å². The molecule has 3 nitrogen and oxygen atoms in total. The van der Waals surface area contributed by atoms with Gasteiger partial charge in [-0.1, -0.05) is 25.7 Å². The lowest BCUT2D eigenvalue weighted by molar-refractivity contribution is 0.0137. The molecule has 0 bridgehead atoms. The molecule has 0 aromatic heterocycles. The highest BCUT2D eigenvalue weighted by Crippen LogP contribution is 2.34. The fourth-order valence-corrected chi connectivity index (χ4v) is 3.22. The summed E-state index contributed by atoms with van der Waals surface area (Å²) in [6.07, 6.45) is 11.0. The van der Waals surface area contributed by atoms with Crippen LogP contribution in [0.4, 0.5) is 0 Å². The predicted molar refractivity (Wildman–Crippen MR) is 71.0 cm³/mol. The third-order valence-corrected chi connectivity index (χ3v) is 4.79. The van der Waals surface area contributed by atoms with Crippen molar-refractivity contribution >= 4 is 0 Å². The highest BCUT2D eigenvalue weighted by Gasteiger charge is 2.33. The average Bonchev–Trinajstić information content (AvgIpc) is 2.54. The summed E-state index contributed by atoms with van der Waals surface area (Å²) in [4.78, 5) is 0. The molecule has 2 rings (SSSR count). The van der Waals surface area contributed by atoms with Crippen LogP contribution in [0.1, 0.15) is 51.4 Å². The van der Waals surface area contributed by atoms with Crippen LogP contribution in [-0.2, 0) is 4.74 Å². The average molecular weight is 240 g/mol. The molecule has 0 aliphatic heterocycles. The molecule has 17 heavy (non-hydrogen) atoms. The van der Waals surface area contributed by atoms with Gasteiger partial charge >= 0.3 is 0 Å². The maximum Gasteiger partial charge on any atom is 0.0601 e. The summed E-state index contributed by atoms with van der Waals surface area (Å²) in [6, 6.07) is 0.673. The Balaban J connectivity index is 1.74. The van der Waals surface area contributed by atoms with Gasteiger partial charge in [0.1, 0.15) is 0 Å². The largest absolute Gasteiger partial charge is 0.381 e.